The Hall–Kier alpha value is -2.00. The van der Waals surface area contributed by atoms with Crippen molar-refractivity contribution in [3.05, 3.63) is 54.1 Å². The highest BCUT2D eigenvalue weighted by Gasteiger charge is 2.38. The maximum absolute atomic E-state index is 10.8. The summed E-state index contributed by atoms with van der Waals surface area (Å²) in [5.74, 6) is 0. The SMILES string of the molecule is CC1(C)CC(C)(O)c2cc(Nc3ccccc3)ccc2N1. The number of fused-ring (bicyclic) bond motifs is 1. The molecule has 110 valence electrons. The molecule has 21 heavy (non-hydrogen) atoms. The fourth-order valence-electron chi connectivity index (χ4n) is 3.23. The molecule has 1 atom stereocenters. The average Bonchev–Trinajstić information content (AvgIpc) is 2.39. The van der Waals surface area contributed by atoms with Crippen molar-refractivity contribution in [3.63, 3.8) is 0 Å². The lowest BCUT2D eigenvalue weighted by molar-refractivity contribution is 0.0274. The Balaban J connectivity index is 1.95. The molecule has 1 aliphatic rings. The van der Waals surface area contributed by atoms with Crippen molar-refractivity contribution >= 4 is 17.1 Å². The van der Waals surface area contributed by atoms with E-state index >= 15 is 0 Å². The summed E-state index contributed by atoms with van der Waals surface area (Å²) < 4.78 is 0. The van der Waals surface area contributed by atoms with Crippen molar-refractivity contribution in [2.24, 2.45) is 0 Å². The number of hydrogen-bond acceptors (Lipinski definition) is 3. The third-order valence-electron chi connectivity index (χ3n) is 3.92. The van der Waals surface area contributed by atoms with E-state index < -0.39 is 5.60 Å². The molecular formula is C18H22N2O. The molecule has 3 nitrogen and oxygen atoms in total. The summed E-state index contributed by atoms with van der Waals surface area (Å²) in [5, 5.41) is 17.7. The predicted octanol–water partition coefficient (Wildman–Crippen LogP) is 4.23. The Labute approximate surface area is 126 Å². The van der Waals surface area contributed by atoms with Gasteiger partial charge in [-0.25, -0.2) is 0 Å². The van der Waals surface area contributed by atoms with Gasteiger partial charge in [-0.3, -0.25) is 0 Å². The number of benzene rings is 2. The number of hydrogen-bond donors (Lipinski definition) is 3. The van der Waals surface area contributed by atoms with E-state index in [1.807, 2.05) is 55.5 Å². The number of rotatable bonds is 2. The van der Waals surface area contributed by atoms with Crippen molar-refractivity contribution in [1.82, 2.24) is 0 Å². The van der Waals surface area contributed by atoms with Crippen LogP contribution in [0.5, 0.6) is 0 Å². The van der Waals surface area contributed by atoms with Gasteiger partial charge in [-0.2, -0.15) is 0 Å². The fourth-order valence-corrected chi connectivity index (χ4v) is 3.23. The van der Waals surface area contributed by atoms with Crippen LogP contribution in [0.2, 0.25) is 0 Å². The lowest BCUT2D eigenvalue weighted by atomic mass is 9.78. The minimum atomic E-state index is -0.821. The zero-order valence-corrected chi connectivity index (χ0v) is 12.8. The number of nitrogens with one attached hydrogen (secondary N) is 2. The number of para-hydroxylation sites is 1. The smallest absolute Gasteiger partial charge is 0.0911 e. The molecule has 2 aromatic carbocycles. The Kier molecular flexibility index (Phi) is 3.18. The molecule has 3 heteroatoms. The lowest BCUT2D eigenvalue weighted by Crippen LogP contribution is -2.44. The molecule has 0 saturated carbocycles. The Morgan fingerprint density at radius 1 is 1.00 bits per heavy atom. The van der Waals surface area contributed by atoms with Crippen molar-refractivity contribution in [1.29, 1.82) is 0 Å². The Morgan fingerprint density at radius 2 is 1.71 bits per heavy atom. The van der Waals surface area contributed by atoms with Crippen LogP contribution in [0.1, 0.15) is 32.8 Å². The zero-order chi connectivity index (χ0) is 15.1. The minimum Gasteiger partial charge on any atom is -0.385 e. The Bertz CT molecular complexity index is 648. The van der Waals surface area contributed by atoms with Crippen LogP contribution in [-0.2, 0) is 5.60 Å². The largest absolute Gasteiger partial charge is 0.385 e. The molecule has 0 spiro atoms. The van der Waals surface area contributed by atoms with Crippen LogP contribution < -0.4 is 10.6 Å². The second-order valence-electron chi connectivity index (χ2n) is 6.71. The molecule has 1 heterocycles. The quantitative estimate of drug-likeness (QED) is 0.772. The molecule has 0 bridgehead atoms. The van der Waals surface area contributed by atoms with Crippen molar-refractivity contribution < 1.29 is 5.11 Å². The van der Waals surface area contributed by atoms with Gasteiger partial charge >= 0.3 is 0 Å². The van der Waals surface area contributed by atoms with E-state index in [0.29, 0.717) is 6.42 Å². The van der Waals surface area contributed by atoms with E-state index in [0.717, 1.165) is 22.6 Å². The van der Waals surface area contributed by atoms with Crippen LogP contribution >= 0.6 is 0 Å². The summed E-state index contributed by atoms with van der Waals surface area (Å²) in [6.45, 7) is 6.11. The van der Waals surface area contributed by atoms with Gasteiger partial charge < -0.3 is 15.7 Å². The van der Waals surface area contributed by atoms with Gasteiger partial charge in [-0.1, -0.05) is 18.2 Å². The zero-order valence-electron chi connectivity index (χ0n) is 12.8. The molecule has 0 aliphatic carbocycles. The lowest BCUT2D eigenvalue weighted by Gasteiger charge is -2.42. The van der Waals surface area contributed by atoms with Gasteiger partial charge in [-0.15, -0.1) is 0 Å². The van der Waals surface area contributed by atoms with E-state index in [1.54, 1.807) is 0 Å². The fraction of sp³-hybridized carbons (Fsp3) is 0.333. The molecule has 2 aromatic rings. The van der Waals surface area contributed by atoms with Gasteiger partial charge in [0.15, 0.2) is 0 Å². The highest BCUT2D eigenvalue weighted by molar-refractivity contribution is 5.68. The van der Waals surface area contributed by atoms with Crippen LogP contribution in [0.15, 0.2) is 48.5 Å². The van der Waals surface area contributed by atoms with E-state index in [1.165, 1.54) is 0 Å². The molecule has 0 radical (unpaired) electrons. The van der Waals surface area contributed by atoms with E-state index in [9.17, 15) is 5.11 Å². The third-order valence-corrected chi connectivity index (χ3v) is 3.92. The first kappa shape index (κ1) is 14.0. The minimum absolute atomic E-state index is 0.106. The van der Waals surface area contributed by atoms with Crippen LogP contribution in [0.25, 0.3) is 0 Å². The second-order valence-corrected chi connectivity index (χ2v) is 6.71. The van der Waals surface area contributed by atoms with Crippen LogP contribution in [0.4, 0.5) is 17.1 Å². The molecule has 3 N–H and O–H groups in total. The summed E-state index contributed by atoms with van der Waals surface area (Å²) in [6, 6.07) is 16.2. The topological polar surface area (TPSA) is 44.3 Å². The number of aliphatic hydroxyl groups is 1. The highest BCUT2D eigenvalue weighted by atomic mass is 16.3. The first-order valence-corrected chi connectivity index (χ1v) is 7.33. The van der Waals surface area contributed by atoms with Crippen molar-refractivity contribution in [3.8, 4) is 0 Å². The van der Waals surface area contributed by atoms with Crippen LogP contribution in [0.3, 0.4) is 0 Å². The van der Waals surface area contributed by atoms with E-state index in [2.05, 4.69) is 24.5 Å². The molecule has 0 fully saturated rings. The summed E-state index contributed by atoms with van der Waals surface area (Å²) in [7, 11) is 0. The standard InChI is InChI=1S/C18H22N2O/c1-17(2)12-18(3,21)15-11-14(9-10-16(15)20-17)19-13-7-5-4-6-8-13/h4-11,19-21H,12H2,1-3H3. The maximum atomic E-state index is 10.8. The summed E-state index contributed by atoms with van der Waals surface area (Å²) in [6.07, 6.45) is 0.682. The van der Waals surface area contributed by atoms with Crippen molar-refractivity contribution in [2.75, 3.05) is 10.6 Å². The highest BCUT2D eigenvalue weighted by Crippen LogP contribution is 2.42. The van der Waals surface area contributed by atoms with Gasteiger partial charge in [0, 0.05) is 34.6 Å². The van der Waals surface area contributed by atoms with Gasteiger partial charge in [0.2, 0.25) is 0 Å². The predicted molar refractivity (Wildman–Crippen MR) is 88.1 cm³/mol. The first-order chi connectivity index (χ1) is 9.86. The van der Waals surface area contributed by atoms with Gasteiger partial charge in [0.1, 0.15) is 0 Å². The van der Waals surface area contributed by atoms with Gasteiger partial charge in [-0.05, 0) is 51.1 Å². The summed E-state index contributed by atoms with van der Waals surface area (Å²) >= 11 is 0. The summed E-state index contributed by atoms with van der Waals surface area (Å²) in [4.78, 5) is 0. The maximum Gasteiger partial charge on any atom is 0.0911 e. The molecule has 1 unspecified atom stereocenters. The van der Waals surface area contributed by atoms with Crippen molar-refractivity contribution in [2.45, 2.75) is 38.3 Å². The Morgan fingerprint density at radius 3 is 2.43 bits per heavy atom. The molecular weight excluding hydrogens is 260 g/mol. The molecule has 0 saturated heterocycles. The first-order valence-electron chi connectivity index (χ1n) is 7.33. The second kappa shape index (κ2) is 4.78. The molecule has 1 aliphatic heterocycles. The number of anilines is 3. The third kappa shape index (κ3) is 2.88. The molecule has 0 aromatic heterocycles. The summed E-state index contributed by atoms with van der Waals surface area (Å²) in [5.41, 5.74) is 3.06. The van der Waals surface area contributed by atoms with Crippen LogP contribution in [0, 0.1) is 0 Å². The van der Waals surface area contributed by atoms with Gasteiger partial charge in [0.05, 0.1) is 5.60 Å². The molecule has 0 amide bonds. The van der Waals surface area contributed by atoms with E-state index in [4.69, 9.17) is 0 Å². The van der Waals surface area contributed by atoms with Gasteiger partial charge in [0.25, 0.3) is 0 Å². The van der Waals surface area contributed by atoms with E-state index in [-0.39, 0.29) is 5.54 Å². The monoisotopic (exact) mass is 282 g/mol. The average molecular weight is 282 g/mol. The van der Waals surface area contributed by atoms with Crippen LogP contribution in [-0.4, -0.2) is 10.6 Å². The normalized spacial score (nSPS) is 23.0. The molecule has 3 rings (SSSR count).